The van der Waals surface area contributed by atoms with Gasteiger partial charge in [-0.05, 0) is 307 Å². The van der Waals surface area contributed by atoms with Gasteiger partial charge < -0.3 is 38.9 Å². The lowest BCUT2D eigenvalue weighted by molar-refractivity contribution is 0.415. The van der Waals surface area contributed by atoms with E-state index in [1.54, 1.807) is 14.2 Å². The maximum atomic E-state index is 5.42. The lowest BCUT2D eigenvalue weighted by atomic mass is 10.0. The third-order valence-corrected chi connectivity index (χ3v) is 25.8. The molecule has 21 rings (SSSR count). The van der Waals surface area contributed by atoms with Crippen molar-refractivity contribution in [2.24, 2.45) is 0 Å². The normalized spacial score (nSPS) is 10.8. The number of benzene rings is 21. The molecule has 0 aromatic heterocycles. The first-order valence-corrected chi connectivity index (χ1v) is 47.5. The van der Waals surface area contributed by atoms with E-state index in [-0.39, 0.29) is 0 Å². The van der Waals surface area contributed by atoms with Gasteiger partial charge in [0, 0.05) is 113 Å². The van der Waals surface area contributed by atoms with Gasteiger partial charge in [0.1, 0.15) is 11.5 Å². The molecular weight excluding hydrogens is 1700 g/mol. The predicted molar refractivity (Wildman–Crippen MR) is 594 cm³/mol. The standard InChI is InChI=1S/2C44H36N2O.C44H36N2/c1-45(43-14-9-15-44(32-43)47-2)39-24-16-37(17-25-39)38-22-30-42(31-23-38)46(40-26-18-35(19-27-40)33-10-5-3-6-11-33)41-28-20-36(21-29-41)34-12-7-4-8-13-34;1-45(40-29-31-44(47-2)32-30-40)39-21-13-37(14-22-39)38-19-27-43(28-20-38)46(41-23-15-35(16-24-41)33-9-5-3-6-10-33)42-25-17-36(18-26-42)34-11-7-4-8-12-34;1-33-10-9-15-44(32-33)45(2)40-24-16-38(17-25-40)39-22-30-43(31-23-39)46(41-26-18-36(19-27-41)34-11-5-3-6-12-34)42-28-20-37(21-29-42)35-13-7-4-8-14-35/h2*3-32H,1-2H3;3-32H,1-2H3. The summed E-state index contributed by atoms with van der Waals surface area (Å²) in [6.07, 6.45) is 0. The van der Waals surface area contributed by atoms with Gasteiger partial charge in [-0.1, -0.05) is 346 Å². The second-order valence-corrected chi connectivity index (χ2v) is 34.7. The molecular formula is C132H108N6O2. The fraction of sp³-hybridized carbons (Fsp3) is 0.0455. The summed E-state index contributed by atoms with van der Waals surface area (Å²) in [6, 6.07) is 194. The van der Waals surface area contributed by atoms with Crippen molar-refractivity contribution in [3.05, 3.63) is 552 Å². The maximum Gasteiger partial charge on any atom is 0.120 e. The highest BCUT2D eigenvalue weighted by atomic mass is 16.5. The Bertz CT molecular complexity index is 7280. The molecule has 21 aromatic rings. The number of methoxy groups -OCH3 is 2. The fourth-order valence-corrected chi connectivity index (χ4v) is 17.9. The van der Waals surface area contributed by atoms with E-state index in [4.69, 9.17) is 9.47 Å². The minimum absolute atomic E-state index is 0.847. The SMILES string of the molecule is COc1ccc(N(C)c2ccc(-c3ccc(N(c4ccc(-c5ccccc5)cc4)c4ccc(-c5ccccc5)cc4)cc3)cc2)cc1.COc1cccc(N(C)c2ccc(-c3ccc(N(c4ccc(-c5ccccc5)cc4)c4ccc(-c5ccccc5)cc4)cc3)cc2)c1.Cc1cccc(N(C)c2ccc(-c3ccc(N(c4ccc(-c5ccccc5)cc4)c4ccc(-c5ccccc5)cc4)cc3)cc2)c1. The molecule has 0 aliphatic heterocycles. The molecule has 140 heavy (non-hydrogen) atoms. The van der Waals surface area contributed by atoms with Gasteiger partial charge in [-0.3, -0.25) is 0 Å². The van der Waals surface area contributed by atoms with Crippen molar-refractivity contribution in [1.82, 2.24) is 0 Å². The van der Waals surface area contributed by atoms with Crippen molar-refractivity contribution in [3.63, 3.8) is 0 Å². The highest BCUT2D eigenvalue weighted by Crippen LogP contribution is 2.44. The van der Waals surface area contributed by atoms with E-state index in [1.165, 1.54) is 111 Å². The molecule has 678 valence electrons. The van der Waals surface area contributed by atoms with E-state index in [0.29, 0.717) is 0 Å². The first-order valence-electron chi connectivity index (χ1n) is 47.5. The van der Waals surface area contributed by atoms with Gasteiger partial charge in [0.2, 0.25) is 0 Å². The van der Waals surface area contributed by atoms with Crippen LogP contribution in [-0.2, 0) is 0 Å². The topological polar surface area (TPSA) is 37.9 Å². The van der Waals surface area contributed by atoms with Gasteiger partial charge in [-0.25, -0.2) is 0 Å². The van der Waals surface area contributed by atoms with Crippen LogP contribution in [0.5, 0.6) is 11.5 Å². The zero-order chi connectivity index (χ0) is 95.3. The number of hydrogen-bond donors (Lipinski definition) is 0. The Labute approximate surface area is 824 Å². The lowest BCUT2D eigenvalue weighted by Crippen LogP contribution is -2.10. The number of anilines is 15. The van der Waals surface area contributed by atoms with Crippen LogP contribution >= 0.6 is 0 Å². The molecule has 8 heteroatoms. The van der Waals surface area contributed by atoms with Crippen molar-refractivity contribution < 1.29 is 9.47 Å². The molecule has 0 aliphatic carbocycles. The van der Waals surface area contributed by atoms with Gasteiger partial charge in [-0.2, -0.15) is 0 Å². The number of hydrogen-bond acceptors (Lipinski definition) is 8. The number of nitrogens with zero attached hydrogens (tertiary/aromatic N) is 6. The molecule has 0 N–H and O–H groups in total. The van der Waals surface area contributed by atoms with E-state index in [0.717, 1.165) is 91.1 Å². The fourth-order valence-electron chi connectivity index (χ4n) is 17.9. The predicted octanol–water partition coefficient (Wildman–Crippen LogP) is 36.1. The molecule has 0 heterocycles. The molecule has 0 saturated heterocycles. The molecule has 0 spiro atoms. The Morgan fingerprint density at radius 3 is 0.471 bits per heavy atom. The zero-order valence-electron chi connectivity index (χ0n) is 79.5. The van der Waals surface area contributed by atoms with Gasteiger partial charge >= 0.3 is 0 Å². The van der Waals surface area contributed by atoms with E-state index >= 15 is 0 Å². The Hall–Kier alpha value is -18.0. The first kappa shape index (κ1) is 91.2. The van der Waals surface area contributed by atoms with E-state index in [2.05, 4.69) is 573 Å². The molecule has 0 bridgehead atoms. The minimum Gasteiger partial charge on any atom is -0.497 e. The van der Waals surface area contributed by atoms with E-state index in [1.807, 2.05) is 30.3 Å². The lowest BCUT2D eigenvalue weighted by Gasteiger charge is -2.26. The maximum absolute atomic E-state index is 5.42. The van der Waals surface area contributed by atoms with Crippen molar-refractivity contribution in [2.75, 3.05) is 64.8 Å². The van der Waals surface area contributed by atoms with Gasteiger partial charge in [0.05, 0.1) is 14.2 Å². The second kappa shape index (κ2) is 43.6. The summed E-state index contributed by atoms with van der Waals surface area (Å²) in [5.74, 6) is 1.70. The summed E-state index contributed by atoms with van der Waals surface area (Å²) in [7, 11) is 9.66. The van der Waals surface area contributed by atoms with Crippen LogP contribution in [0.1, 0.15) is 5.56 Å². The molecule has 21 aromatic carbocycles. The summed E-state index contributed by atoms with van der Waals surface area (Å²) in [6.45, 7) is 2.13. The quantitative estimate of drug-likeness (QED) is 0.0531. The van der Waals surface area contributed by atoms with Crippen LogP contribution in [-0.4, -0.2) is 35.4 Å². The largest absolute Gasteiger partial charge is 0.497 e. The monoisotopic (exact) mass is 1810 g/mol. The van der Waals surface area contributed by atoms with Crippen LogP contribution in [0, 0.1) is 6.92 Å². The molecule has 0 aliphatic rings. The number of ether oxygens (including phenoxy) is 2. The molecule has 0 atom stereocenters. The Balaban J connectivity index is 0.000000134. The summed E-state index contributed by atoms with van der Waals surface area (Å²) in [4.78, 5) is 13.5. The van der Waals surface area contributed by atoms with Crippen LogP contribution in [0.15, 0.2) is 546 Å². The third kappa shape index (κ3) is 21.7. The van der Waals surface area contributed by atoms with Gasteiger partial charge in [0.25, 0.3) is 0 Å². The molecule has 8 nitrogen and oxygen atoms in total. The van der Waals surface area contributed by atoms with Crippen molar-refractivity contribution in [1.29, 1.82) is 0 Å². The van der Waals surface area contributed by atoms with Crippen LogP contribution in [0.3, 0.4) is 0 Å². The summed E-state index contributed by atoms with van der Waals surface area (Å²) < 4.78 is 10.7. The highest BCUT2D eigenvalue weighted by molar-refractivity contribution is 5.87. The van der Waals surface area contributed by atoms with Crippen LogP contribution < -0.4 is 38.9 Å². The number of rotatable bonds is 26. The minimum atomic E-state index is 0.847. The molecule has 0 unspecified atom stereocenters. The van der Waals surface area contributed by atoms with Crippen molar-refractivity contribution in [2.45, 2.75) is 6.92 Å². The van der Waals surface area contributed by atoms with Crippen LogP contribution in [0.25, 0.3) is 100 Å². The summed E-state index contributed by atoms with van der Waals surface area (Å²) in [5.41, 5.74) is 39.6. The summed E-state index contributed by atoms with van der Waals surface area (Å²) >= 11 is 0. The Morgan fingerprint density at radius 2 is 0.286 bits per heavy atom. The molecule has 0 radical (unpaired) electrons. The molecule has 0 saturated carbocycles. The average Bonchev–Trinajstić information content (AvgIpc) is 0.798. The van der Waals surface area contributed by atoms with Crippen molar-refractivity contribution in [3.8, 4) is 112 Å². The third-order valence-electron chi connectivity index (χ3n) is 25.8. The Morgan fingerprint density at radius 1 is 0.129 bits per heavy atom. The molecule has 0 fully saturated rings. The van der Waals surface area contributed by atoms with Gasteiger partial charge in [0.15, 0.2) is 0 Å². The highest BCUT2D eigenvalue weighted by Gasteiger charge is 2.21. The molecule has 0 amide bonds. The smallest absolute Gasteiger partial charge is 0.120 e. The van der Waals surface area contributed by atoms with E-state index in [9.17, 15) is 0 Å². The summed E-state index contributed by atoms with van der Waals surface area (Å²) in [5, 5.41) is 0. The van der Waals surface area contributed by atoms with Gasteiger partial charge in [-0.15, -0.1) is 0 Å². The Kier molecular flexibility index (Phi) is 28.4. The number of aryl methyl sites for hydroxylation is 1. The zero-order valence-corrected chi connectivity index (χ0v) is 79.5. The first-order chi connectivity index (χ1) is 68.9. The van der Waals surface area contributed by atoms with Crippen LogP contribution in [0.4, 0.5) is 85.3 Å². The average molecular weight is 1810 g/mol. The second-order valence-electron chi connectivity index (χ2n) is 34.7. The van der Waals surface area contributed by atoms with Crippen molar-refractivity contribution >= 4 is 85.3 Å². The van der Waals surface area contributed by atoms with Crippen LogP contribution in [0.2, 0.25) is 0 Å². The van der Waals surface area contributed by atoms with E-state index < -0.39 is 0 Å².